The van der Waals surface area contributed by atoms with Crippen LogP contribution in [0.25, 0.3) is 6.08 Å². The van der Waals surface area contributed by atoms with Crippen molar-refractivity contribution in [2.75, 3.05) is 22.9 Å². The van der Waals surface area contributed by atoms with Crippen LogP contribution >= 0.6 is 11.6 Å². The summed E-state index contributed by atoms with van der Waals surface area (Å²) in [7, 11) is 0. The fraction of sp³-hybridized carbons (Fsp3) is 0.120. The number of fused-ring (bicyclic) bond motifs is 1. The quantitative estimate of drug-likeness (QED) is 0.318. The maximum absolute atomic E-state index is 12.9. The molecule has 1 atom stereocenters. The molecule has 0 radical (unpaired) electrons. The average molecular weight is 498 g/mol. The Balaban J connectivity index is 1.30. The summed E-state index contributed by atoms with van der Waals surface area (Å²) in [6.07, 6.45) is 3.40. The summed E-state index contributed by atoms with van der Waals surface area (Å²) in [6.45, 7) is 1.01. The molecular formula is C25H20ClN9O. The molecule has 2 aromatic heterocycles. The van der Waals surface area contributed by atoms with Gasteiger partial charge in [-0.2, -0.15) is 10.4 Å². The molecule has 4 aromatic rings. The Morgan fingerprint density at radius 1 is 1.19 bits per heavy atom. The van der Waals surface area contributed by atoms with Crippen molar-refractivity contribution in [3.63, 3.8) is 0 Å². The monoisotopic (exact) mass is 497 g/mol. The normalized spacial score (nSPS) is 14.1. The number of hydrogen-bond acceptors (Lipinski definition) is 8. The number of benzene rings is 2. The van der Waals surface area contributed by atoms with Gasteiger partial charge < -0.3 is 16.4 Å². The summed E-state index contributed by atoms with van der Waals surface area (Å²) in [6, 6.07) is 16.7. The molecule has 36 heavy (non-hydrogen) atoms. The van der Waals surface area contributed by atoms with Gasteiger partial charge in [-0.15, -0.1) is 0 Å². The van der Waals surface area contributed by atoms with E-state index >= 15 is 0 Å². The maximum Gasteiger partial charge on any atom is 0.278 e. The number of halogens is 1. The number of nitriles is 1. The van der Waals surface area contributed by atoms with Gasteiger partial charge in [0.1, 0.15) is 6.07 Å². The molecule has 1 amide bonds. The van der Waals surface area contributed by atoms with Gasteiger partial charge in [-0.25, -0.2) is 9.97 Å². The number of carbonyl (C=O) groups excluding carboxylic acids is 1. The minimum absolute atomic E-state index is 0.0209. The first-order valence-electron chi connectivity index (χ1n) is 11.0. The van der Waals surface area contributed by atoms with Gasteiger partial charge in [-0.1, -0.05) is 41.9 Å². The summed E-state index contributed by atoms with van der Waals surface area (Å²) in [5.41, 5.74) is 9.32. The lowest BCUT2D eigenvalue weighted by Gasteiger charge is -2.14. The molecule has 5 rings (SSSR count). The summed E-state index contributed by atoms with van der Waals surface area (Å²) >= 11 is 5.91. The van der Waals surface area contributed by atoms with E-state index < -0.39 is 5.91 Å². The van der Waals surface area contributed by atoms with Gasteiger partial charge in [0, 0.05) is 23.2 Å². The average Bonchev–Trinajstić information content (AvgIpc) is 3.29. The van der Waals surface area contributed by atoms with Crippen LogP contribution in [0.2, 0.25) is 5.02 Å². The van der Waals surface area contributed by atoms with E-state index in [1.807, 2.05) is 30.3 Å². The predicted molar refractivity (Wildman–Crippen MR) is 136 cm³/mol. The summed E-state index contributed by atoms with van der Waals surface area (Å²) in [5.74, 6) is 0.326. The molecule has 1 aliphatic heterocycles. The van der Waals surface area contributed by atoms with E-state index in [9.17, 15) is 10.1 Å². The van der Waals surface area contributed by atoms with Crippen LogP contribution in [0.5, 0.6) is 0 Å². The summed E-state index contributed by atoms with van der Waals surface area (Å²) < 4.78 is 0. The van der Waals surface area contributed by atoms with Crippen molar-refractivity contribution in [2.24, 2.45) is 4.99 Å². The van der Waals surface area contributed by atoms with Crippen LogP contribution in [0.1, 0.15) is 33.2 Å². The standard InChI is InChI=1S/C25H20ClN9O/c26-17-5-7-18(8-6-17)33-25(36)21-24(31-13-19(10-27)32-21)29-11-14-1-3-15(4-2-14)16-9-20-22(28)34-35-23(20)30-12-16/h1-9,13,16H,11-12H2,(H2,28,34)(H,29,31)(H,30,35)(H,33,36). The van der Waals surface area contributed by atoms with Crippen molar-refractivity contribution in [3.8, 4) is 6.07 Å². The number of anilines is 3. The number of amides is 1. The molecule has 0 fully saturated rings. The van der Waals surface area contributed by atoms with Crippen LogP contribution in [0, 0.1) is 11.3 Å². The van der Waals surface area contributed by atoms with Crippen LogP contribution in [-0.4, -0.2) is 32.6 Å². The van der Waals surface area contributed by atoms with Gasteiger partial charge in [-0.05, 0) is 35.4 Å². The van der Waals surface area contributed by atoms with E-state index in [0.717, 1.165) is 16.3 Å². The zero-order chi connectivity index (χ0) is 25.1. The SMILES string of the molecule is N#Cc1cnc(NCc2ccc(C3C=c4c(N)n[nH]c4=NC3)cc2)c(C(=O)Nc2ccc(Cl)cc2)n1. The number of nitrogens with one attached hydrogen (secondary N) is 3. The minimum atomic E-state index is -0.491. The largest absolute Gasteiger partial charge is 0.382 e. The lowest BCUT2D eigenvalue weighted by molar-refractivity contribution is 0.102. The number of carbonyl (C=O) groups is 1. The highest BCUT2D eigenvalue weighted by Crippen LogP contribution is 2.21. The van der Waals surface area contributed by atoms with Crippen molar-refractivity contribution in [3.05, 3.63) is 93.0 Å². The zero-order valence-corrected chi connectivity index (χ0v) is 19.6. The Morgan fingerprint density at radius 2 is 1.97 bits per heavy atom. The Labute approximate surface area is 210 Å². The lowest BCUT2D eigenvalue weighted by Crippen LogP contribution is -2.30. The molecule has 11 heteroatoms. The van der Waals surface area contributed by atoms with Crippen LogP contribution in [0.15, 0.2) is 59.7 Å². The number of nitrogens with zero attached hydrogens (tertiary/aromatic N) is 5. The third-order valence-electron chi connectivity index (χ3n) is 5.70. The Hall–Kier alpha value is -4.75. The van der Waals surface area contributed by atoms with Crippen molar-refractivity contribution in [1.29, 1.82) is 5.26 Å². The van der Waals surface area contributed by atoms with Crippen LogP contribution in [-0.2, 0) is 6.54 Å². The van der Waals surface area contributed by atoms with E-state index in [0.29, 0.717) is 35.1 Å². The molecule has 3 heterocycles. The molecule has 0 saturated heterocycles. The number of aromatic amines is 1. The van der Waals surface area contributed by atoms with E-state index in [1.165, 1.54) is 6.20 Å². The van der Waals surface area contributed by atoms with Gasteiger partial charge >= 0.3 is 0 Å². The molecule has 2 aromatic carbocycles. The predicted octanol–water partition coefficient (Wildman–Crippen LogP) is 2.37. The third kappa shape index (κ3) is 4.87. The Morgan fingerprint density at radius 3 is 2.72 bits per heavy atom. The third-order valence-corrected chi connectivity index (χ3v) is 5.95. The van der Waals surface area contributed by atoms with Gasteiger partial charge in [0.05, 0.1) is 18.0 Å². The molecule has 1 aliphatic rings. The number of nitrogens with two attached hydrogens (primary N) is 1. The van der Waals surface area contributed by atoms with Crippen molar-refractivity contribution in [1.82, 2.24) is 20.2 Å². The molecule has 178 valence electrons. The topological polar surface area (TPSA) is 158 Å². The van der Waals surface area contributed by atoms with Gasteiger partial charge in [0.15, 0.2) is 28.5 Å². The second-order valence-electron chi connectivity index (χ2n) is 8.11. The van der Waals surface area contributed by atoms with E-state index in [1.54, 1.807) is 24.3 Å². The summed E-state index contributed by atoms with van der Waals surface area (Å²) in [4.78, 5) is 25.8. The van der Waals surface area contributed by atoms with Gasteiger partial charge in [-0.3, -0.25) is 14.9 Å². The van der Waals surface area contributed by atoms with Gasteiger partial charge in [0.25, 0.3) is 5.91 Å². The second kappa shape index (κ2) is 9.85. The molecule has 5 N–H and O–H groups in total. The molecule has 1 unspecified atom stereocenters. The van der Waals surface area contributed by atoms with Crippen molar-refractivity contribution in [2.45, 2.75) is 12.5 Å². The molecular weight excluding hydrogens is 478 g/mol. The maximum atomic E-state index is 12.9. The highest BCUT2D eigenvalue weighted by atomic mass is 35.5. The lowest BCUT2D eigenvalue weighted by atomic mass is 9.96. The van der Waals surface area contributed by atoms with Crippen LogP contribution in [0.4, 0.5) is 17.3 Å². The molecule has 0 aliphatic carbocycles. The van der Waals surface area contributed by atoms with E-state index in [-0.39, 0.29) is 23.1 Å². The fourth-order valence-electron chi connectivity index (χ4n) is 3.81. The Bertz CT molecular complexity index is 1590. The first-order chi connectivity index (χ1) is 17.5. The molecule has 0 bridgehead atoms. The second-order valence-corrected chi connectivity index (χ2v) is 8.54. The Kier molecular flexibility index (Phi) is 6.30. The van der Waals surface area contributed by atoms with Crippen molar-refractivity contribution < 1.29 is 4.79 Å². The first-order valence-corrected chi connectivity index (χ1v) is 11.4. The summed E-state index contributed by atoms with van der Waals surface area (Å²) in [5, 5.41) is 23.3. The highest BCUT2D eigenvalue weighted by Gasteiger charge is 2.17. The first kappa shape index (κ1) is 23.0. The number of hydrogen-bond donors (Lipinski definition) is 4. The number of nitrogen functional groups attached to an aromatic ring is 1. The molecule has 10 nitrogen and oxygen atoms in total. The van der Waals surface area contributed by atoms with Crippen LogP contribution < -0.4 is 27.1 Å². The van der Waals surface area contributed by atoms with Crippen molar-refractivity contribution >= 4 is 40.9 Å². The number of aromatic nitrogens is 4. The minimum Gasteiger partial charge on any atom is -0.382 e. The van der Waals surface area contributed by atoms with Gasteiger partial charge in [0.2, 0.25) is 0 Å². The molecule has 0 spiro atoms. The molecule has 0 saturated carbocycles. The highest BCUT2D eigenvalue weighted by molar-refractivity contribution is 6.30. The van der Waals surface area contributed by atoms with E-state index in [4.69, 9.17) is 17.3 Å². The van der Waals surface area contributed by atoms with E-state index in [2.05, 4.69) is 41.9 Å². The number of H-pyrrole nitrogens is 1. The van der Waals surface area contributed by atoms with Crippen LogP contribution in [0.3, 0.4) is 0 Å². The smallest absolute Gasteiger partial charge is 0.278 e. The fourth-order valence-corrected chi connectivity index (χ4v) is 3.93. The number of rotatable bonds is 6. The zero-order valence-electron chi connectivity index (χ0n) is 18.9.